The van der Waals surface area contributed by atoms with Crippen LogP contribution in [-0.4, -0.2) is 19.2 Å². The van der Waals surface area contributed by atoms with Gasteiger partial charge in [0.25, 0.3) is 5.91 Å². The lowest BCUT2D eigenvalue weighted by atomic mass is 10.3. The molecule has 0 aromatic rings. The molecule has 0 saturated carbocycles. The molecule has 5 nitrogen and oxygen atoms in total. The molecule has 0 aliphatic carbocycles. The predicted octanol–water partition coefficient (Wildman–Crippen LogP) is -0.848. The normalized spacial score (nSPS) is 14.3. The van der Waals surface area contributed by atoms with E-state index in [0.29, 0.717) is 5.57 Å². The summed E-state index contributed by atoms with van der Waals surface area (Å²) in [6.45, 7) is 0. The SMILES string of the molecule is CONC(=O)C1=C[N]N=C1. The van der Waals surface area contributed by atoms with Crippen LogP contribution >= 0.6 is 0 Å². The molecule has 0 fully saturated rings. The molecule has 0 unspecified atom stereocenters. The topological polar surface area (TPSA) is 64.8 Å². The molecular weight excluding hydrogens is 134 g/mol. The molecule has 0 bridgehead atoms. The van der Waals surface area contributed by atoms with E-state index in [4.69, 9.17) is 0 Å². The van der Waals surface area contributed by atoms with Crippen molar-refractivity contribution in [1.29, 1.82) is 0 Å². The van der Waals surface area contributed by atoms with Gasteiger partial charge in [-0.1, -0.05) is 0 Å². The van der Waals surface area contributed by atoms with Gasteiger partial charge in [-0.25, -0.2) is 5.48 Å². The van der Waals surface area contributed by atoms with E-state index >= 15 is 0 Å². The molecule has 10 heavy (non-hydrogen) atoms. The molecule has 1 N–H and O–H groups in total. The minimum absolute atomic E-state index is 0.340. The van der Waals surface area contributed by atoms with E-state index in [9.17, 15) is 4.79 Å². The van der Waals surface area contributed by atoms with Crippen LogP contribution in [0, 0.1) is 0 Å². The minimum Gasteiger partial charge on any atom is -0.277 e. The molecular formula is C5H6N3O2. The maximum absolute atomic E-state index is 10.8. The van der Waals surface area contributed by atoms with Gasteiger partial charge in [0.1, 0.15) is 0 Å². The van der Waals surface area contributed by atoms with Crippen LogP contribution in [0.4, 0.5) is 0 Å². The Morgan fingerprint density at radius 1 is 1.80 bits per heavy atom. The number of carbonyl (C=O) groups is 1. The molecule has 53 valence electrons. The summed E-state index contributed by atoms with van der Waals surface area (Å²) in [5.41, 5.74) is 5.98. The summed E-state index contributed by atoms with van der Waals surface area (Å²) in [4.78, 5) is 15.2. The Morgan fingerprint density at radius 2 is 2.60 bits per heavy atom. The molecule has 1 amide bonds. The quantitative estimate of drug-likeness (QED) is 0.508. The molecule has 5 heteroatoms. The van der Waals surface area contributed by atoms with E-state index in [-0.39, 0.29) is 5.91 Å². The highest BCUT2D eigenvalue weighted by molar-refractivity contribution is 6.12. The number of nitrogens with one attached hydrogen (secondary N) is 1. The zero-order valence-electron chi connectivity index (χ0n) is 5.37. The van der Waals surface area contributed by atoms with Gasteiger partial charge in [-0.2, -0.15) is 10.5 Å². The summed E-state index contributed by atoms with van der Waals surface area (Å²) >= 11 is 0. The fraction of sp³-hybridized carbons (Fsp3) is 0.200. The van der Waals surface area contributed by atoms with Crippen molar-refractivity contribution in [3.63, 3.8) is 0 Å². The van der Waals surface area contributed by atoms with Crippen LogP contribution in [-0.2, 0) is 9.63 Å². The minimum atomic E-state index is -0.340. The number of rotatable bonds is 2. The fourth-order valence-corrected chi connectivity index (χ4v) is 0.493. The molecule has 1 heterocycles. The highest BCUT2D eigenvalue weighted by Gasteiger charge is 2.09. The monoisotopic (exact) mass is 140 g/mol. The number of hydrogen-bond acceptors (Lipinski definition) is 3. The zero-order valence-corrected chi connectivity index (χ0v) is 5.37. The molecule has 0 saturated heterocycles. The summed E-state index contributed by atoms with van der Waals surface area (Å²) in [7, 11) is 1.36. The summed E-state index contributed by atoms with van der Waals surface area (Å²) in [6, 6.07) is 0. The summed E-state index contributed by atoms with van der Waals surface area (Å²) < 4.78 is 0. The Bertz CT molecular complexity index is 197. The zero-order chi connectivity index (χ0) is 7.40. The van der Waals surface area contributed by atoms with Crippen molar-refractivity contribution in [3.8, 4) is 0 Å². The largest absolute Gasteiger partial charge is 0.278 e. The van der Waals surface area contributed by atoms with Crippen molar-refractivity contribution in [2.24, 2.45) is 5.10 Å². The van der Waals surface area contributed by atoms with Crippen LogP contribution in [0.5, 0.6) is 0 Å². The van der Waals surface area contributed by atoms with Crippen molar-refractivity contribution in [3.05, 3.63) is 11.8 Å². The number of hydroxylamine groups is 1. The highest BCUT2D eigenvalue weighted by Crippen LogP contribution is 1.94. The van der Waals surface area contributed by atoms with Gasteiger partial charge in [0.2, 0.25) is 0 Å². The van der Waals surface area contributed by atoms with E-state index in [1.54, 1.807) is 0 Å². The maximum atomic E-state index is 10.8. The Kier molecular flexibility index (Phi) is 2.01. The van der Waals surface area contributed by atoms with Gasteiger partial charge in [-0.05, 0) is 0 Å². The van der Waals surface area contributed by atoms with E-state index < -0.39 is 0 Å². The predicted molar refractivity (Wildman–Crippen MR) is 33.9 cm³/mol. The first-order chi connectivity index (χ1) is 4.84. The van der Waals surface area contributed by atoms with Crippen molar-refractivity contribution >= 4 is 12.1 Å². The Balaban J connectivity index is 2.48. The second-order valence-corrected chi connectivity index (χ2v) is 1.58. The van der Waals surface area contributed by atoms with Crippen LogP contribution in [0.25, 0.3) is 0 Å². The van der Waals surface area contributed by atoms with Crippen LogP contribution < -0.4 is 10.9 Å². The lowest BCUT2D eigenvalue weighted by molar-refractivity contribution is -0.126. The third kappa shape index (κ3) is 1.32. The van der Waals surface area contributed by atoms with Crippen LogP contribution in [0.1, 0.15) is 0 Å². The average molecular weight is 140 g/mol. The molecule has 0 spiro atoms. The summed E-state index contributed by atoms with van der Waals surface area (Å²) in [5, 5.41) is 3.46. The maximum Gasteiger partial charge on any atom is 0.278 e. The lowest BCUT2D eigenvalue weighted by Crippen LogP contribution is -2.23. The first-order valence-corrected chi connectivity index (χ1v) is 2.61. The van der Waals surface area contributed by atoms with Gasteiger partial charge < -0.3 is 0 Å². The molecule has 0 aromatic carbocycles. The second kappa shape index (κ2) is 2.98. The van der Waals surface area contributed by atoms with Gasteiger partial charge in [-0.15, -0.1) is 0 Å². The number of carbonyl (C=O) groups excluding carboxylic acids is 1. The molecule has 1 rings (SSSR count). The van der Waals surface area contributed by atoms with Gasteiger partial charge in [-0.3, -0.25) is 9.63 Å². The second-order valence-electron chi connectivity index (χ2n) is 1.58. The van der Waals surface area contributed by atoms with Gasteiger partial charge >= 0.3 is 0 Å². The van der Waals surface area contributed by atoms with E-state index in [1.807, 2.05) is 0 Å². The molecule has 1 radical (unpaired) electrons. The fourth-order valence-electron chi connectivity index (χ4n) is 0.493. The van der Waals surface area contributed by atoms with Gasteiger partial charge in [0.15, 0.2) is 0 Å². The van der Waals surface area contributed by atoms with E-state index in [0.717, 1.165) is 0 Å². The van der Waals surface area contributed by atoms with Crippen LogP contribution in [0.15, 0.2) is 16.9 Å². The first kappa shape index (κ1) is 6.76. The first-order valence-electron chi connectivity index (χ1n) is 2.61. The Morgan fingerprint density at radius 3 is 3.10 bits per heavy atom. The van der Waals surface area contributed by atoms with Crippen LogP contribution in [0.2, 0.25) is 0 Å². The lowest BCUT2D eigenvalue weighted by Gasteiger charge is -1.96. The molecule has 1 aliphatic heterocycles. The Labute approximate surface area is 57.7 Å². The number of amides is 1. The average Bonchev–Trinajstić information content (AvgIpc) is 2.38. The smallest absolute Gasteiger partial charge is 0.277 e. The van der Waals surface area contributed by atoms with E-state index in [1.165, 1.54) is 19.5 Å². The summed E-state index contributed by atoms with van der Waals surface area (Å²) in [6.07, 6.45) is 2.71. The third-order valence-electron chi connectivity index (χ3n) is 0.917. The van der Waals surface area contributed by atoms with Gasteiger partial charge in [0, 0.05) is 0 Å². The van der Waals surface area contributed by atoms with E-state index in [2.05, 4.69) is 20.8 Å². The van der Waals surface area contributed by atoms with Crippen molar-refractivity contribution in [1.82, 2.24) is 10.9 Å². The van der Waals surface area contributed by atoms with Crippen LogP contribution in [0.3, 0.4) is 0 Å². The highest BCUT2D eigenvalue weighted by atomic mass is 16.6. The Hall–Kier alpha value is -1.36. The van der Waals surface area contributed by atoms with Crippen molar-refractivity contribution in [2.45, 2.75) is 0 Å². The number of nitrogens with zero attached hydrogens (tertiary/aromatic N) is 2. The standard InChI is InChI=1S/C5H6N3O2/c1-10-8-5(9)4-2-6-7-3-4/h2-3H,1H3,(H,8,9). The molecule has 0 atom stereocenters. The van der Waals surface area contributed by atoms with Gasteiger partial charge in [0.05, 0.1) is 25.1 Å². The third-order valence-corrected chi connectivity index (χ3v) is 0.917. The van der Waals surface area contributed by atoms with Crippen molar-refractivity contribution < 1.29 is 9.63 Å². The van der Waals surface area contributed by atoms with Crippen molar-refractivity contribution in [2.75, 3.05) is 7.11 Å². The summed E-state index contributed by atoms with van der Waals surface area (Å²) in [5.74, 6) is -0.340. The number of hydrogen-bond donors (Lipinski definition) is 1. The molecule has 1 aliphatic rings. The molecule has 0 aromatic heterocycles.